The predicted molar refractivity (Wildman–Crippen MR) is 116 cm³/mol. The smallest absolute Gasteiger partial charge is 0.255 e. The second kappa shape index (κ2) is 8.86. The first kappa shape index (κ1) is 20.5. The van der Waals surface area contributed by atoms with E-state index in [0.717, 1.165) is 22.9 Å². The first-order chi connectivity index (χ1) is 13.5. The summed E-state index contributed by atoms with van der Waals surface area (Å²) in [6.07, 6.45) is 1.52. The number of carbonyl (C=O) groups is 1. The first-order valence-corrected chi connectivity index (χ1v) is 11.7. The molecule has 0 spiro atoms. The van der Waals surface area contributed by atoms with Crippen molar-refractivity contribution in [2.75, 3.05) is 18.4 Å². The van der Waals surface area contributed by atoms with Crippen molar-refractivity contribution in [1.29, 1.82) is 0 Å². The minimum atomic E-state index is -3.54. The summed E-state index contributed by atoms with van der Waals surface area (Å²) < 4.78 is 28.3. The number of nitrogens with one attached hydrogen (secondary N) is 1. The van der Waals surface area contributed by atoms with Crippen molar-refractivity contribution in [2.24, 2.45) is 0 Å². The fourth-order valence-electron chi connectivity index (χ4n) is 3.03. The van der Waals surface area contributed by atoms with Crippen LogP contribution in [0.5, 0.6) is 0 Å². The van der Waals surface area contributed by atoms with E-state index in [1.807, 2.05) is 43.5 Å². The highest BCUT2D eigenvalue weighted by atomic mass is 32.2. The van der Waals surface area contributed by atoms with Gasteiger partial charge in [-0.3, -0.25) is 4.79 Å². The van der Waals surface area contributed by atoms with Gasteiger partial charge in [-0.05, 0) is 72.1 Å². The molecule has 1 aromatic heterocycles. The molecule has 148 valence electrons. The van der Waals surface area contributed by atoms with Crippen molar-refractivity contribution >= 4 is 43.0 Å². The number of hydrogen-bond donors (Lipinski definition) is 1. The fourth-order valence-corrected chi connectivity index (χ4v) is 5.42. The lowest BCUT2D eigenvalue weighted by atomic mass is 10.2. The maximum absolute atomic E-state index is 12.8. The third-order valence-corrected chi connectivity index (χ3v) is 7.22. The van der Waals surface area contributed by atoms with Crippen molar-refractivity contribution in [2.45, 2.75) is 31.6 Å². The minimum absolute atomic E-state index is 0.214. The number of sulfonamides is 1. The predicted octanol–water partition coefficient (Wildman–Crippen LogP) is 4.96. The van der Waals surface area contributed by atoms with Gasteiger partial charge in [-0.25, -0.2) is 8.42 Å². The molecule has 0 bridgehead atoms. The highest BCUT2D eigenvalue weighted by Crippen LogP contribution is 2.24. The topological polar surface area (TPSA) is 66.5 Å². The Hall–Kier alpha value is -2.22. The summed E-state index contributed by atoms with van der Waals surface area (Å²) in [5.41, 5.74) is 1.13. The molecule has 7 heteroatoms. The maximum Gasteiger partial charge on any atom is 0.255 e. The van der Waals surface area contributed by atoms with E-state index >= 15 is 0 Å². The largest absolute Gasteiger partial charge is 0.322 e. The van der Waals surface area contributed by atoms with E-state index in [4.69, 9.17) is 0 Å². The average molecular weight is 417 g/mol. The van der Waals surface area contributed by atoms with Crippen molar-refractivity contribution in [3.05, 3.63) is 59.5 Å². The summed E-state index contributed by atoms with van der Waals surface area (Å²) in [7, 11) is -3.54. The van der Waals surface area contributed by atoms with E-state index < -0.39 is 10.0 Å². The zero-order valence-corrected chi connectivity index (χ0v) is 17.6. The molecule has 0 unspecified atom stereocenters. The summed E-state index contributed by atoms with van der Waals surface area (Å²) in [5, 5.41) is 5.96. The molecule has 0 fully saturated rings. The van der Waals surface area contributed by atoms with E-state index in [1.165, 1.54) is 16.4 Å². The molecule has 2 aromatic carbocycles. The Kier molecular flexibility index (Phi) is 6.49. The Labute approximate surface area is 170 Å². The van der Waals surface area contributed by atoms with Gasteiger partial charge in [0.15, 0.2) is 0 Å². The summed E-state index contributed by atoms with van der Waals surface area (Å²) in [6, 6.07) is 13.9. The molecule has 3 aromatic rings. The van der Waals surface area contributed by atoms with Crippen molar-refractivity contribution in [1.82, 2.24) is 4.31 Å². The van der Waals surface area contributed by atoms with Crippen LogP contribution in [-0.2, 0) is 10.0 Å². The highest BCUT2D eigenvalue weighted by molar-refractivity contribution is 7.89. The first-order valence-electron chi connectivity index (χ1n) is 9.34. The van der Waals surface area contributed by atoms with E-state index in [9.17, 15) is 13.2 Å². The summed E-state index contributed by atoms with van der Waals surface area (Å²) in [6.45, 7) is 4.89. The lowest BCUT2D eigenvalue weighted by molar-refractivity contribution is 0.102. The fraction of sp³-hybridized carbons (Fsp3) is 0.286. The number of amides is 1. The lowest BCUT2D eigenvalue weighted by Crippen LogP contribution is -2.32. The third kappa shape index (κ3) is 4.43. The Morgan fingerprint density at radius 1 is 1.00 bits per heavy atom. The number of nitrogens with zero attached hydrogens (tertiary/aromatic N) is 1. The van der Waals surface area contributed by atoms with Crippen LogP contribution in [0.25, 0.3) is 10.1 Å². The molecule has 1 amide bonds. The van der Waals surface area contributed by atoms with Crippen LogP contribution < -0.4 is 5.32 Å². The van der Waals surface area contributed by atoms with Crippen LogP contribution in [0.1, 0.15) is 37.0 Å². The molecule has 28 heavy (non-hydrogen) atoms. The lowest BCUT2D eigenvalue weighted by Gasteiger charge is -2.21. The highest BCUT2D eigenvalue weighted by Gasteiger charge is 2.23. The molecule has 0 saturated heterocycles. The molecule has 1 heterocycles. The number of carbonyl (C=O) groups excluding carboxylic acids is 1. The zero-order chi connectivity index (χ0) is 20.1. The van der Waals surface area contributed by atoms with Gasteiger partial charge in [-0.15, -0.1) is 11.3 Å². The summed E-state index contributed by atoms with van der Waals surface area (Å²) in [4.78, 5) is 12.7. The number of rotatable bonds is 8. The maximum atomic E-state index is 12.8. The van der Waals surface area contributed by atoms with E-state index in [-0.39, 0.29) is 10.8 Å². The molecule has 0 saturated carbocycles. The van der Waals surface area contributed by atoms with Gasteiger partial charge in [0.2, 0.25) is 10.0 Å². The van der Waals surface area contributed by atoms with Crippen LogP contribution in [0, 0.1) is 0 Å². The van der Waals surface area contributed by atoms with Gasteiger partial charge in [-0.2, -0.15) is 4.31 Å². The Bertz CT molecular complexity index is 1050. The Balaban J connectivity index is 1.76. The second-order valence-corrected chi connectivity index (χ2v) is 9.44. The van der Waals surface area contributed by atoms with Crippen molar-refractivity contribution in [3.63, 3.8) is 0 Å². The standard InChI is InChI=1S/C21H24N2O3S2/c1-3-12-23(13-4-2)28(25,26)19-8-5-16(6-9-19)21(24)22-18-7-10-20-17(15-18)11-14-27-20/h5-11,14-15H,3-4,12-13H2,1-2H3,(H,22,24). The van der Waals surface area contributed by atoms with Crippen LogP contribution >= 0.6 is 11.3 Å². The number of hydrogen-bond acceptors (Lipinski definition) is 4. The molecule has 1 N–H and O–H groups in total. The molecular formula is C21H24N2O3S2. The molecule has 0 aliphatic heterocycles. The van der Waals surface area contributed by atoms with Crippen LogP contribution in [-0.4, -0.2) is 31.7 Å². The molecule has 3 rings (SSSR count). The van der Waals surface area contributed by atoms with Gasteiger partial charge in [0.25, 0.3) is 5.91 Å². The SMILES string of the molecule is CCCN(CCC)S(=O)(=O)c1ccc(C(=O)Nc2ccc3sccc3c2)cc1. The number of thiophene rings is 1. The van der Waals surface area contributed by atoms with Gasteiger partial charge in [-0.1, -0.05) is 13.8 Å². The monoisotopic (exact) mass is 416 g/mol. The summed E-state index contributed by atoms with van der Waals surface area (Å²) in [5.74, 6) is -0.266. The number of anilines is 1. The van der Waals surface area contributed by atoms with Crippen molar-refractivity contribution in [3.8, 4) is 0 Å². The van der Waals surface area contributed by atoms with Gasteiger partial charge in [0.1, 0.15) is 0 Å². The number of fused-ring (bicyclic) bond motifs is 1. The van der Waals surface area contributed by atoms with Crippen LogP contribution in [0.3, 0.4) is 0 Å². The zero-order valence-electron chi connectivity index (χ0n) is 16.0. The second-order valence-electron chi connectivity index (χ2n) is 6.56. The van der Waals surface area contributed by atoms with E-state index in [2.05, 4.69) is 5.32 Å². The van der Waals surface area contributed by atoms with Crippen LogP contribution in [0.2, 0.25) is 0 Å². The van der Waals surface area contributed by atoms with E-state index in [0.29, 0.717) is 24.3 Å². The minimum Gasteiger partial charge on any atom is -0.322 e. The Morgan fingerprint density at radius 3 is 2.32 bits per heavy atom. The van der Waals surface area contributed by atoms with Gasteiger partial charge in [0.05, 0.1) is 4.90 Å². The van der Waals surface area contributed by atoms with Gasteiger partial charge in [0, 0.05) is 29.0 Å². The van der Waals surface area contributed by atoms with Crippen molar-refractivity contribution < 1.29 is 13.2 Å². The Morgan fingerprint density at radius 2 is 1.68 bits per heavy atom. The third-order valence-electron chi connectivity index (χ3n) is 4.41. The van der Waals surface area contributed by atoms with Gasteiger partial charge >= 0.3 is 0 Å². The summed E-state index contributed by atoms with van der Waals surface area (Å²) >= 11 is 1.65. The average Bonchev–Trinajstić information content (AvgIpc) is 3.15. The van der Waals surface area contributed by atoms with Gasteiger partial charge < -0.3 is 5.32 Å². The quantitative estimate of drug-likeness (QED) is 0.564. The molecule has 0 aliphatic rings. The molecule has 0 aliphatic carbocycles. The molecule has 5 nitrogen and oxygen atoms in total. The normalized spacial score (nSPS) is 11.8. The van der Waals surface area contributed by atoms with Crippen LogP contribution in [0.4, 0.5) is 5.69 Å². The van der Waals surface area contributed by atoms with E-state index in [1.54, 1.807) is 23.5 Å². The molecule has 0 atom stereocenters. The van der Waals surface area contributed by atoms with Crippen LogP contribution in [0.15, 0.2) is 58.8 Å². The molecule has 0 radical (unpaired) electrons. The molecular weight excluding hydrogens is 392 g/mol. The number of benzene rings is 2.